The molecule has 1 aromatic heterocycles. The van der Waals surface area contributed by atoms with Gasteiger partial charge < -0.3 is 5.11 Å². The van der Waals surface area contributed by atoms with E-state index in [4.69, 9.17) is 0 Å². The number of carboxylic acid groups (broad SMARTS) is 1. The third-order valence-corrected chi connectivity index (χ3v) is 4.05. The molecule has 5 heteroatoms. The lowest BCUT2D eigenvalue weighted by molar-refractivity contribution is -0.138. The number of aliphatic carboxylic acids is 1. The van der Waals surface area contributed by atoms with E-state index in [0.717, 1.165) is 27.0 Å². The van der Waals surface area contributed by atoms with Crippen LogP contribution in [0.3, 0.4) is 0 Å². The van der Waals surface area contributed by atoms with Gasteiger partial charge in [0.25, 0.3) is 0 Å². The third kappa shape index (κ3) is 3.13. The summed E-state index contributed by atoms with van der Waals surface area (Å²) in [5, 5.41) is 9.18. The molecule has 0 aliphatic heterocycles. The maximum atomic E-state index is 11.2. The topological polar surface area (TPSA) is 63.1 Å². The van der Waals surface area contributed by atoms with Crippen LogP contribution in [0.4, 0.5) is 0 Å². The van der Waals surface area contributed by atoms with Crippen LogP contribution in [-0.4, -0.2) is 21.0 Å². The summed E-state index contributed by atoms with van der Waals surface area (Å²) in [6.07, 6.45) is 0. The number of carboxylic acids is 1. The largest absolute Gasteiger partial charge is 0.481 e. The Hall–Kier alpha value is -1.75. The van der Waals surface area contributed by atoms with Crippen molar-refractivity contribution in [1.29, 1.82) is 0 Å². The first kappa shape index (κ1) is 15.6. The van der Waals surface area contributed by atoms with Crippen molar-refractivity contribution in [2.75, 3.05) is 0 Å². The molecule has 0 amide bonds. The maximum absolute atomic E-state index is 11.2. The van der Waals surface area contributed by atoms with Crippen LogP contribution >= 0.6 is 15.9 Å². The van der Waals surface area contributed by atoms with Crippen LogP contribution in [0.25, 0.3) is 11.4 Å². The molecule has 2 aromatic rings. The zero-order chi connectivity index (χ0) is 15.7. The molecular formula is C16H17BrN2O2. The lowest BCUT2D eigenvalue weighted by atomic mass is 9.98. The minimum Gasteiger partial charge on any atom is -0.481 e. The van der Waals surface area contributed by atoms with E-state index in [1.54, 1.807) is 6.92 Å². The molecule has 1 heterocycles. The minimum absolute atomic E-state index is 0.606. The van der Waals surface area contributed by atoms with Crippen LogP contribution in [-0.2, 0) is 4.79 Å². The first-order valence-electron chi connectivity index (χ1n) is 6.65. The summed E-state index contributed by atoms with van der Waals surface area (Å²) in [4.78, 5) is 20.2. The van der Waals surface area contributed by atoms with E-state index in [9.17, 15) is 9.90 Å². The minimum atomic E-state index is -0.864. The molecule has 110 valence electrons. The highest BCUT2D eigenvalue weighted by molar-refractivity contribution is 9.10. The average Bonchev–Trinajstić information content (AvgIpc) is 2.37. The van der Waals surface area contributed by atoms with Crippen LogP contribution in [0, 0.1) is 20.8 Å². The molecule has 0 saturated carbocycles. The number of rotatable bonds is 3. The molecule has 1 atom stereocenters. The van der Waals surface area contributed by atoms with Gasteiger partial charge in [0.2, 0.25) is 0 Å². The molecule has 0 saturated heterocycles. The van der Waals surface area contributed by atoms with E-state index in [1.165, 1.54) is 0 Å². The third-order valence-electron chi connectivity index (χ3n) is 3.56. The summed E-state index contributed by atoms with van der Waals surface area (Å²) in [5.74, 6) is -0.834. The zero-order valence-corrected chi connectivity index (χ0v) is 14.0. The van der Waals surface area contributed by atoms with Crippen LogP contribution in [0.15, 0.2) is 22.7 Å². The van der Waals surface area contributed by atoms with E-state index >= 15 is 0 Å². The second kappa shape index (κ2) is 5.93. The summed E-state index contributed by atoms with van der Waals surface area (Å²) < 4.78 is 1.01. The van der Waals surface area contributed by atoms with E-state index in [1.807, 2.05) is 39.0 Å². The van der Waals surface area contributed by atoms with Gasteiger partial charge in [-0.2, -0.15) is 0 Å². The van der Waals surface area contributed by atoms with Gasteiger partial charge in [-0.05, 0) is 51.5 Å². The number of aromatic nitrogens is 2. The summed E-state index contributed by atoms with van der Waals surface area (Å²) in [7, 11) is 0. The molecule has 0 spiro atoms. The van der Waals surface area contributed by atoms with Gasteiger partial charge in [0.1, 0.15) is 0 Å². The maximum Gasteiger partial charge on any atom is 0.310 e. The SMILES string of the molecule is Cc1cc(Br)ccc1-c1nc(C)c(C(C)C(=O)O)c(C)n1. The monoisotopic (exact) mass is 348 g/mol. The molecule has 1 N–H and O–H groups in total. The molecule has 0 aliphatic rings. The van der Waals surface area contributed by atoms with E-state index < -0.39 is 11.9 Å². The molecule has 1 unspecified atom stereocenters. The Morgan fingerprint density at radius 1 is 1.19 bits per heavy atom. The van der Waals surface area contributed by atoms with Gasteiger partial charge in [0, 0.05) is 27.0 Å². The Kier molecular flexibility index (Phi) is 4.42. The van der Waals surface area contributed by atoms with Gasteiger partial charge in [-0.3, -0.25) is 4.79 Å². The summed E-state index contributed by atoms with van der Waals surface area (Å²) >= 11 is 3.44. The van der Waals surface area contributed by atoms with Gasteiger partial charge in [-0.25, -0.2) is 9.97 Å². The van der Waals surface area contributed by atoms with Crippen molar-refractivity contribution in [3.05, 3.63) is 45.2 Å². The quantitative estimate of drug-likeness (QED) is 0.909. The molecule has 1 aromatic carbocycles. The van der Waals surface area contributed by atoms with Crippen molar-refractivity contribution in [1.82, 2.24) is 9.97 Å². The van der Waals surface area contributed by atoms with E-state index in [-0.39, 0.29) is 0 Å². The molecule has 0 bridgehead atoms. The van der Waals surface area contributed by atoms with Gasteiger partial charge >= 0.3 is 5.97 Å². The zero-order valence-electron chi connectivity index (χ0n) is 12.4. The van der Waals surface area contributed by atoms with E-state index in [2.05, 4.69) is 25.9 Å². The van der Waals surface area contributed by atoms with E-state index in [0.29, 0.717) is 11.4 Å². The smallest absolute Gasteiger partial charge is 0.310 e. The van der Waals surface area contributed by atoms with Crippen LogP contribution in [0.2, 0.25) is 0 Å². The predicted octanol–water partition coefficient (Wildman–Crippen LogP) is 4.02. The Morgan fingerprint density at radius 2 is 1.76 bits per heavy atom. The normalized spacial score (nSPS) is 12.2. The first-order chi connectivity index (χ1) is 9.81. The molecule has 4 nitrogen and oxygen atoms in total. The molecule has 2 rings (SSSR count). The Morgan fingerprint density at radius 3 is 2.24 bits per heavy atom. The van der Waals surface area contributed by atoms with Gasteiger partial charge in [-0.1, -0.05) is 15.9 Å². The van der Waals surface area contributed by atoms with Gasteiger partial charge in [-0.15, -0.1) is 0 Å². The average molecular weight is 349 g/mol. The first-order valence-corrected chi connectivity index (χ1v) is 7.45. The number of benzene rings is 1. The fraction of sp³-hybridized carbons (Fsp3) is 0.312. The Balaban J connectivity index is 2.56. The fourth-order valence-electron chi connectivity index (χ4n) is 2.47. The van der Waals surface area contributed by atoms with Crippen molar-refractivity contribution in [2.45, 2.75) is 33.6 Å². The molecule has 0 fully saturated rings. The number of carbonyl (C=O) groups is 1. The van der Waals surface area contributed by atoms with Crippen LogP contribution in [0.1, 0.15) is 35.4 Å². The fourth-order valence-corrected chi connectivity index (χ4v) is 2.95. The molecule has 0 radical (unpaired) electrons. The van der Waals surface area contributed by atoms with Crippen molar-refractivity contribution >= 4 is 21.9 Å². The Labute approximate surface area is 132 Å². The second-order valence-corrected chi connectivity index (χ2v) is 6.07. The van der Waals surface area contributed by atoms with Crippen molar-refractivity contribution in [3.63, 3.8) is 0 Å². The van der Waals surface area contributed by atoms with Gasteiger partial charge in [0.05, 0.1) is 5.92 Å². The number of nitrogens with zero attached hydrogens (tertiary/aromatic N) is 2. The van der Waals surface area contributed by atoms with Crippen molar-refractivity contribution < 1.29 is 9.90 Å². The second-order valence-electron chi connectivity index (χ2n) is 5.15. The van der Waals surface area contributed by atoms with Crippen LogP contribution < -0.4 is 0 Å². The highest BCUT2D eigenvalue weighted by Crippen LogP contribution is 2.27. The lowest BCUT2D eigenvalue weighted by Crippen LogP contribution is -2.13. The van der Waals surface area contributed by atoms with Crippen molar-refractivity contribution in [3.8, 4) is 11.4 Å². The van der Waals surface area contributed by atoms with Crippen molar-refractivity contribution in [2.24, 2.45) is 0 Å². The summed E-state index contributed by atoms with van der Waals surface area (Å²) in [5.41, 5.74) is 4.16. The highest BCUT2D eigenvalue weighted by Gasteiger charge is 2.21. The molecule has 0 aliphatic carbocycles. The predicted molar refractivity (Wildman–Crippen MR) is 85.4 cm³/mol. The molecular weight excluding hydrogens is 332 g/mol. The highest BCUT2D eigenvalue weighted by atomic mass is 79.9. The summed E-state index contributed by atoms with van der Waals surface area (Å²) in [6, 6.07) is 5.93. The standard InChI is InChI=1S/C16H17BrN2O2/c1-8-7-12(17)5-6-13(8)15-18-10(3)14(11(4)19-15)9(2)16(20)21/h5-7,9H,1-4H3,(H,20,21). The molecule has 21 heavy (non-hydrogen) atoms. The van der Waals surface area contributed by atoms with Crippen LogP contribution in [0.5, 0.6) is 0 Å². The Bertz CT molecular complexity index is 690. The number of hydrogen-bond donors (Lipinski definition) is 1. The number of hydrogen-bond acceptors (Lipinski definition) is 3. The summed E-state index contributed by atoms with van der Waals surface area (Å²) in [6.45, 7) is 7.33. The van der Waals surface area contributed by atoms with Gasteiger partial charge in [0.15, 0.2) is 5.82 Å². The lowest BCUT2D eigenvalue weighted by Gasteiger charge is -2.15. The number of halogens is 1. The number of aryl methyl sites for hydroxylation is 3.